The second-order valence-electron chi connectivity index (χ2n) is 12.6. The summed E-state index contributed by atoms with van der Waals surface area (Å²) in [7, 11) is -4.83. The number of thioether (sulfide) groups is 1. The average Bonchev–Trinajstić information content (AvgIpc) is 3.01. The predicted molar refractivity (Wildman–Crippen MR) is 193 cm³/mol. The Balaban J connectivity index is 3.35. The lowest BCUT2D eigenvalue weighted by Gasteiger charge is -2.28. The maximum absolute atomic E-state index is 13.8. The molecule has 0 fully saturated rings. The number of phosphoric acid groups is 1. The van der Waals surface area contributed by atoms with E-state index in [-0.39, 0.29) is 49.9 Å². The van der Waals surface area contributed by atoms with Gasteiger partial charge in [0.05, 0.1) is 6.04 Å². The van der Waals surface area contributed by atoms with Crippen molar-refractivity contribution in [2.45, 2.75) is 90.0 Å². The number of carbonyl (C=O) groups is 5. The molecule has 0 spiro atoms. The van der Waals surface area contributed by atoms with Gasteiger partial charge in [-0.15, -0.1) is 0 Å². The van der Waals surface area contributed by atoms with Gasteiger partial charge in [0, 0.05) is 13.0 Å². The zero-order valence-corrected chi connectivity index (χ0v) is 31.2. The molecule has 5 atom stereocenters. The van der Waals surface area contributed by atoms with Gasteiger partial charge >= 0.3 is 13.8 Å². The number of aliphatic carboxylic acids is 1. The molecule has 18 nitrogen and oxygen atoms in total. The predicted octanol–water partition coefficient (Wildman–Crippen LogP) is -0.439. The quantitative estimate of drug-likeness (QED) is 0.0293. The van der Waals surface area contributed by atoms with Crippen LogP contribution in [0.4, 0.5) is 0 Å². The first kappa shape index (κ1) is 45.1. The summed E-state index contributed by atoms with van der Waals surface area (Å²) < 4.78 is 15.8. The Kier molecular flexibility index (Phi) is 19.6. The number of amides is 4. The molecule has 0 bridgehead atoms. The Hall–Kier alpha value is -3.90. The largest absolute Gasteiger partial charge is 0.524 e. The first-order valence-electron chi connectivity index (χ1n) is 16.3. The molecule has 0 aliphatic heterocycles. The van der Waals surface area contributed by atoms with Crippen LogP contribution in [-0.2, 0) is 35.0 Å². The number of nitrogens with two attached hydrogens (primary N) is 3. The van der Waals surface area contributed by atoms with Gasteiger partial charge in [-0.05, 0) is 67.2 Å². The number of aliphatic imine (C=N–C) groups is 1. The Bertz CT molecular complexity index is 1390. The lowest BCUT2D eigenvalue weighted by Crippen LogP contribution is -2.60. The summed E-state index contributed by atoms with van der Waals surface area (Å²) in [6.45, 7) is 7.23. The van der Waals surface area contributed by atoms with Gasteiger partial charge in [0.2, 0.25) is 23.6 Å². The number of guanidine groups is 1. The highest BCUT2D eigenvalue weighted by Crippen LogP contribution is 2.37. The smallest absolute Gasteiger partial charge is 0.480 e. The number of rotatable bonds is 23. The molecule has 0 aliphatic rings. The SMILES string of the molecule is CSCC[C@H](NC(=O)[C@@H](N)CC(C)C)C(=O)N[C@@H](Cc1ccc(OP(=O)(O)O)cc1)C(=O)N[C@H](C(=O)N[C@@H](CCCN=C(N)N)C(=O)O)C(C)C. The van der Waals surface area contributed by atoms with Crippen LogP contribution in [0.5, 0.6) is 5.75 Å². The van der Waals surface area contributed by atoms with Crippen molar-refractivity contribution in [2.75, 3.05) is 18.6 Å². The highest BCUT2D eigenvalue weighted by molar-refractivity contribution is 7.98. The molecule has 51 heavy (non-hydrogen) atoms. The van der Waals surface area contributed by atoms with Crippen LogP contribution in [0.3, 0.4) is 0 Å². The highest BCUT2D eigenvalue weighted by Gasteiger charge is 2.33. The maximum atomic E-state index is 13.8. The van der Waals surface area contributed by atoms with Crippen LogP contribution in [0.2, 0.25) is 0 Å². The van der Waals surface area contributed by atoms with Crippen molar-refractivity contribution >= 4 is 55.1 Å². The third-order valence-corrected chi connectivity index (χ3v) is 8.43. The van der Waals surface area contributed by atoms with E-state index in [0.29, 0.717) is 17.7 Å². The standard InChI is InChI=1S/C31H53N8O10PS/c1-17(2)15-21(32)26(40)36-22(12-14-51-5)27(41)38-24(16-19-8-10-20(11-9-19)49-50(46,47)48)28(42)39-25(18(3)4)29(43)37-23(30(44)45)7-6-13-35-31(33)34/h8-11,17-18,21-25H,6-7,12-16,32H2,1-5H3,(H,36,40)(H,37,43)(H,38,41)(H,39,42)(H,44,45)(H4,33,34,35)(H2,46,47,48)/t21-,22-,23-,24-,25-/m0/s1. The fourth-order valence-electron chi connectivity index (χ4n) is 4.75. The molecule has 0 saturated heterocycles. The highest BCUT2D eigenvalue weighted by atomic mass is 32.2. The van der Waals surface area contributed by atoms with Gasteiger partial charge in [-0.25, -0.2) is 9.36 Å². The average molecular weight is 761 g/mol. The van der Waals surface area contributed by atoms with E-state index < -0.39 is 73.5 Å². The molecule has 0 aliphatic carbocycles. The molecule has 13 N–H and O–H groups in total. The summed E-state index contributed by atoms with van der Waals surface area (Å²) in [4.78, 5) is 87.6. The summed E-state index contributed by atoms with van der Waals surface area (Å²) in [5.41, 5.74) is 17.1. The van der Waals surface area contributed by atoms with E-state index >= 15 is 0 Å². The Morgan fingerprint density at radius 3 is 1.94 bits per heavy atom. The van der Waals surface area contributed by atoms with E-state index in [9.17, 15) is 33.6 Å². The van der Waals surface area contributed by atoms with Crippen molar-refractivity contribution in [1.29, 1.82) is 0 Å². The molecule has 1 rings (SSSR count). The fraction of sp³-hybridized carbons (Fsp3) is 0.613. The minimum Gasteiger partial charge on any atom is -0.480 e. The molecule has 1 aromatic carbocycles. The first-order chi connectivity index (χ1) is 23.7. The van der Waals surface area contributed by atoms with Crippen LogP contribution in [0.15, 0.2) is 29.3 Å². The van der Waals surface area contributed by atoms with Gasteiger partial charge in [0.15, 0.2) is 5.96 Å². The van der Waals surface area contributed by atoms with E-state index in [4.69, 9.17) is 27.0 Å². The zero-order chi connectivity index (χ0) is 38.9. The number of hydrogen-bond donors (Lipinski definition) is 10. The van der Waals surface area contributed by atoms with Gasteiger partial charge in [0.1, 0.15) is 29.9 Å². The van der Waals surface area contributed by atoms with E-state index in [1.807, 2.05) is 20.1 Å². The van der Waals surface area contributed by atoms with Gasteiger partial charge in [-0.3, -0.25) is 34.0 Å². The number of nitrogens with zero attached hydrogens (tertiary/aromatic N) is 1. The molecule has 0 unspecified atom stereocenters. The van der Waals surface area contributed by atoms with Crippen molar-refractivity contribution in [1.82, 2.24) is 21.3 Å². The van der Waals surface area contributed by atoms with Crippen molar-refractivity contribution in [3.05, 3.63) is 29.8 Å². The van der Waals surface area contributed by atoms with Gasteiger partial charge < -0.3 is 48.1 Å². The van der Waals surface area contributed by atoms with E-state index in [0.717, 1.165) is 0 Å². The Morgan fingerprint density at radius 1 is 0.863 bits per heavy atom. The van der Waals surface area contributed by atoms with Gasteiger partial charge in [-0.2, -0.15) is 11.8 Å². The number of carboxylic acid groups (broad SMARTS) is 1. The molecule has 1 aromatic rings. The first-order valence-corrected chi connectivity index (χ1v) is 19.2. The summed E-state index contributed by atoms with van der Waals surface area (Å²) >= 11 is 1.44. The number of carbonyl (C=O) groups excluding carboxylic acids is 4. The Labute approximate surface area is 302 Å². The lowest BCUT2D eigenvalue weighted by atomic mass is 9.99. The third kappa shape index (κ3) is 18.2. The minimum absolute atomic E-state index is 0.000996. The van der Waals surface area contributed by atoms with Crippen molar-refractivity contribution in [3.8, 4) is 5.75 Å². The summed E-state index contributed by atoms with van der Waals surface area (Å²) in [6.07, 6.45) is 2.52. The molecular weight excluding hydrogens is 707 g/mol. The van der Waals surface area contributed by atoms with Crippen LogP contribution in [0, 0.1) is 11.8 Å². The van der Waals surface area contributed by atoms with Crippen LogP contribution < -0.4 is 43.0 Å². The number of nitrogens with one attached hydrogen (secondary N) is 4. The van der Waals surface area contributed by atoms with Crippen molar-refractivity contribution in [2.24, 2.45) is 34.0 Å². The topological polar surface area (TPSA) is 311 Å². The summed E-state index contributed by atoms with van der Waals surface area (Å²) in [5, 5.41) is 20.1. The van der Waals surface area contributed by atoms with Crippen LogP contribution >= 0.6 is 19.6 Å². The zero-order valence-electron chi connectivity index (χ0n) is 29.5. The normalized spacial score (nSPS) is 14.4. The number of benzene rings is 1. The Morgan fingerprint density at radius 2 is 1.43 bits per heavy atom. The lowest BCUT2D eigenvalue weighted by molar-refractivity contribution is -0.142. The molecule has 0 heterocycles. The molecule has 4 amide bonds. The van der Waals surface area contributed by atoms with Crippen LogP contribution in [0.1, 0.15) is 58.9 Å². The second kappa shape index (κ2) is 22.1. The minimum atomic E-state index is -4.83. The monoisotopic (exact) mass is 760 g/mol. The van der Waals surface area contributed by atoms with Gasteiger partial charge in [0.25, 0.3) is 0 Å². The molecule has 0 saturated carbocycles. The molecular formula is C31H53N8O10PS. The fourth-order valence-corrected chi connectivity index (χ4v) is 5.62. The number of hydrogen-bond acceptors (Lipinski definition) is 10. The van der Waals surface area contributed by atoms with E-state index in [1.54, 1.807) is 13.8 Å². The molecule has 0 aromatic heterocycles. The van der Waals surface area contributed by atoms with Crippen molar-refractivity contribution in [3.63, 3.8) is 0 Å². The molecule has 0 radical (unpaired) electrons. The van der Waals surface area contributed by atoms with E-state index in [2.05, 4.69) is 30.8 Å². The molecule has 20 heteroatoms. The van der Waals surface area contributed by atoms with E-state index in [1.165, 1.54) is 36.0 Å². The second-order valence-corrected chi connectivity index (χ2v) is 14.8. The van der Waals surface area contributed by atoms with Crippen LogP contribution in [-0.4, -0.2) is 99.2 Å². The number of carboxylic acids is 1. The van der Waals surface area contributed by atoms with Crippen LogP contribution in [0.25, 0.3) is 0 Å². The number of phosphoric ester groups is 1. The van der Waals surface area contributed by atoms with Crippen molar-refractivity contribution < 1.29 is 48.0 Å². The summed E-state index contributed by atoms with van der Waals surface area (Å²) in [6, 6.07) is -0.380. The maximum Gasteiger partial charge on any atom is 0.524 e. The summed E-state index contributed by atoms with van der Waals surface area (Å²) in [5.74, 6) is -4.31. The third-order valence-electron chi connectivity index (χ3n) is 7.33. The van der Waals surface area contributed by atoms with Gasteiger partial charge in [-0.1, -0.05) is 39.8 Å². The molecule has 288 valence electrons.